The van der Waals surface area contributed by atoms with Gasteiger partial charge in [-0.25, -0.2) is 0 Å². The van der Waals surface area contributed by atoms with E-state index < -0.39 is 17.3 Å². The van der Waals surface area contributed by atoms with E-state index in [9.17, 15) is 18.0 Å². The van der Waals surface area contributed by atoms with Gasteiger partial charge < -0.3 is 14.4 Å². The molecule has 0 amide bonds. The molecule has 7 atom stereocenters. The number of rotatable bonds is 3. The van der Waals surface area contributed by atoms with E-state index in [1.807, 2.05) is 4.90 Å². The molecule has 6 rings (SSSR count). The van der Waals surface area contributed by atoms with Crippen LogP contribution in [0, 0.1) is 23.7 Å². The molecule has 186 valence electrons. The summed E-state index contributed by atoms with van der Waals surface area (Å²) in [6, 6.07) is 5.55. The number of carbonyl (C=O) groups is 1. The molecule has 0 aromatic heterocycles. The number of hydrogen-bond donors (Lipinski definition) is 0. The van der Waals surface area contributed by atoms with Crippen LogP contribution in [0.25, 0.3) is 0 Å². The van der Waals surface area contributed by atoms with Crippen molar-refractivity contribution in [1.29, 1.82) is 0 Å². The molecule has 1 spiro atoms. The zero-order chi connectivity index (χ0) is 23.9. The van der Waals surface area contributed by atoms with Crippen molar-refractivity contribution in [2.24, 2.45) is 23.7 Å². The number of hydrogen-bond acceptors (Lipinski definition) is 5. The molecular formula is C26H33F3N2O3. The standard InChI is InChI=1S/C26H33F3N2O3/c1-16-6-7-21-19(22(32)33-25(21)20(16)8-9-24(2)23(25)34-24)15-30-10-12-31(13-11-30)18-5-3-4-17(14-18)26(27,28)29/h3-5,14,16,19-21,23H,6-13,15H2,1-2H3/t16-,19+,20+,21+,23-,24-,25-/m1/s1. The zero-order valence-corrected chi connectivity index (χ0v) is 19.8. The van der Waals surface area contributed by atoms with Gasteiger partial charge in [0.05, 0.1) is 17.1 Å². The lowest BCUT2D eigenvalue weighted by Crippen LogP contribution is -2.58. The first-order chi connectivity index (χ1) is 16.1. The van der Waals surface area contributed by atoms with Crippen molar-refractivity contribution in [3.8, 4) is 0 Å². The molecule has 8 heteroatoms. The normalized spacial score (nSPS) is 42.0. The molecule has 5 nitrogen and oxygen atoms in total. The Balaban J connectivity index is 1.14. The van der Waals surface area contributed by atoms with Crippen LogP contribution in [0.1, 0.15) is 45.1 Å². The highest BCUT2D eigenvalue weighted by Crippen LogP contribution is 2.66. The number of esters is 1. The first-order valence-electron chi connectivity index (χ1n) is 12.7. The zero-order valence-electron chi connectivity index (χ0n) is 19.8. The Bertz CT molecular complexity index is 978. The van der Waals surface area contributed by atoms with Crippen LogP contribution in [0.3, 0.4) is 0 Å². The summed E-state index contributed by atoms with van der Waals surface area (Å²) in [5.41, 5.74) is -0.622. The summed E-state index contributed by atoms with van der Waals surface area (Å²) in [7, 11) is 0. The molecule has 2 saturated carbocycles. The van der Waals surface area contributed by atoms with Gasteiger partial charge in [-0.15, -0.1) is 0 Å². The monoisotopic (exact) mass is 478 g/mol. The molecule has 3 heterocycles. The Kier molecular flexibility index (Phi) is 5.06. The smallest absolute Gasteiger partial charge is 0.416 e. The van der Waals surface area contributed by atoms with Crippen LogP contribution in [-0.4, -0.2) is 60.9 Å². The van der Waals surface area contributed by atoms with Gasteiger partial charge in [-0.3, -0.25) is 9.69 Å². The lowest BCUT2D eigenvalue weighted by atomic mass is 9.55. The highest BCUT2D eigenvalue weighted by Gasteiger charge is 2.77. The summed E-state index contributed by atoms with van der Waals surface area (Å²) >= 11 is 0. The van der Waals surface area contributed by atoms with E-state index in [-0.39, 0.29) is 29.5 Å². The second kappa shape index (κ2) is 7.60. The molecule has 34 heavy (non-hydrogen) atoms. The first-order valence-corrected chi connectivity index (χ1v) is 12.7. The van der Waals surface area contributed by atoms with Crippen LogP contribution < -0.4 is 4.90 Å². The number of piperazine rings is 1. The van der Waals surface area contributed by atoms with Crippen molar-refractivity contribution in [3.63, 3.8) is 0 Å². The van der Waals surface area contributed by atoms with Crippen LogP contribution in [-0.2, 0) is 20.4 Å². The molecule has 0 unspecified atom stereocenters. The molecule has 1 aromatic rings. The highest BCUT2D eigenvalue weighted by molar-refractivity contribution is 5.77. The van der Waals surface area contributed by atoms with Crippen LogP contribution in [0.4, 0.5) is 18.9 Å². The third-order valence-corrected chi connectivity index (χ3v) is 9.46. The predicted molar refractivity (Wildman–Crippen MR) is 120 cm³/mol. The van der Waals surface area contributed by atoms with Gasteiger partial charge >= 0.3 is 12.1 Å². The highest BCUT2D eigenvalue weighted by atomic mass is 19.4. The lowest BCUT2D eigenvalue weighted by Gasteiger charge is -2.50. The maximum Gasteiger partial charge on any atom is 0.416 e. The molecular weight excluding hydrogens is 445 g/mol. The molecule has 0 N–H and O–H groups in total. The minimum Gasteiger partial charge on any atom is -0.455 e. The Hall–Kier alpha value is -1.80. The van der Waals surface area contributed by atoms with Crippen LogP contribution in [0.15, 0.2) is 24.3 Å². The number of nitrogens with zero attached hydrogens (tertiary/aromatic N) is 2. The van der Waals surface area contributed by atoms with Gasteiger partial charge in [0, 0.05) is 50.2 Å². The molecule has 3 aliphatic heterocycles. The molecule has 0 bridgehead atoms. The minimum atomic E-state index is -4.34. The molecule has 1 aromatic carbocycles. The van der Waals surface area contributed by atoms with Gasteiger partial charge in [-0.05, 0) is 56.7 Å². The Morgan fingerprint density at radius 1 is 1.09 bits per heavy atom. The largest absolute Gasteiger partial charge is 0.455 e. The van der Waals surface area contributed by atoms with Crippen molar-refractivity contribution in [3.05, 3.63) is 29.8 Å². The number of fused-ring (bicyclic) bond motifs is 1. The fourth-order valence-corrected chi connectivity index (χ4v) is 7.61. The third kappa shape index (κ3) is 3.39. The van der Waals surface area contributed by atoms with Crippen LogP contribution in [0.5, 0.6) is 0 Å². The van der Waals surface area contributed by atoms with Gasteiger partial charge in [-0.1, -0.05) is 13.0 Å². The van der Waals surface area contributed by atoms with Gasteiger partial charge in [0.15, 0.2) is 0 Å². The summed E-state index contributed by atoms with van der Waals surface area (Å²) in [6.07, 6.45) is -0.100. The SMILES string of the molecule is C[C@@H]1CC[C@H]2[C@H](CN3CCN(c4cccc(C(F)(F)F)c4)CC3)C(=O)O[C@]23[C@H]1CC[C@@]1(C)O[C@@H]31. The minimum absolute atomic E-state index is 0.0261. The summed E-state index contributed by atoms with van der Waals surface area (Å²) in [4.78, 5) is 17.5. The fraction of sp³-hybridized carbons (Fsp3) is 0.731. The van der Waals surface area contributed by atoms with Gasteiger partial charge in [-0.2, -0.15) is 13.2 Å². The average Bonchev–Trinajstić information content (AvgIpc) is 3.43. The molecule has 5 aliphatic rings. The quantitative estimate of drug-likeness (QED) is 0.478. The van der Waals surface area contributed by atoms with E-state index in [0.29, 0.717) is 37.2 Å². The third-order valence-electron chi connectivity index (χ3n) is 9.46. The van der Waals surface area contributed by atoms with E-state index in [1.165, 1.54) is 12.1 Å². The van der Waals surface area contributed by atoms with Gasteiger partial charge in [0.25, 0.3) is 0 Å². The number of ether oxygens (including phenoxy) is 2. The number of halogens is 3. The number of carbonyl (C=O) groups excluding carboxylic acids is 1. The van der Waals surface area contributed by atoms with Gasteiger partial charge in [0.2, 0.25) is 0 Å². The van der Waals surface area contributed by atoms with E-state index in [0.717, 1.165) is 44.8 Å². The van der Waals surface area contributed by atoms with Crippen molar-refractivity contribution >= 4 is 11.7 Å². The maximum atomic E-state index is 13.2. The summed E-state index contributed by atoms with van der Waals surface area (Å²) < 4.78 is 51.9. The van der Waals surface area contributed by atoms with E-state index in [1.54, 1.807) is 6.07 Å². The fourth-order valence-electron chi connectivity index (χ4n) is 7.61. The Morgan fingerprint density at radius 3 is 2.59 bits per heavy atom. The predicted octanol–water partition coefficient (Wildman–Crippen LogP) is 4.35. The van der Waals surface area contributed by atoms with Crippen molar-refractivity contribution in [1.82, 2.24) is 4.90 Å². The topological polar surface area (TPSA) is 45.3 Å². The first kappa shape index (κ1) is 22.7. The van der Waals surface area contributed by atoms with Crippen LogP contribution >= 0.6 is 0 Å². The number of alkyl halides is 3. The van der Waals surface area contributed by atoms with E-state index >= 15 is 0 Å². The average molecular weight is 479 g/mol. The van der Waals surface area contributed by atoms with Crippen molar-refractivity contribution < 1.29 is 27.4 Å². The van der Waals surface area contributed by atoms with Crippen molar-refractivity contribution in [2.75, 3.05) is 37.6 Å². The summed E-state index contributed by atoms with van der Waals surface area (Å²) in [5.74, 6) is 0.867. The molecule has 3 saturated heterocycles. The van der Waals surface area contributed by atoms with E-state index in [2.05, 4.69) is 18.7 Å². The number of benzene rings is 1. The Labute approximate surface area is 198 Å². The molecule has 0 radical (unpaired) electrons. The van der Waals surface area contributed by atoms with E-state index in [4.69, 9.17) is 9.47 Å². The second-order valence-corrected chi connectivity index (χ2v) is 11.3. The maximum absolute atomic E-state index is 13.2. The Morgan fingerprint density at radius 2 is 1.85 bits per heavy atom. The number of anilines is 1. The van der Waals surface area contributed by atoms with Crippen LogP contribution in [0.2, 0.25) is 0 Å². The summed E-state index contributed by atoms with van der Waals surface area (Å²) in [5, 5.41) is 0. The molecule has 2 aliphatic carbocycles. The lowest BCUT2D eigenvalue weighted by molar-refractivity contribution is -0.168. The second-order valence-electron chi connectivity index (χ2n) is 11.3. The number of epoxide rings is 1. The van der Waals surface area contributed by atoms with Crippen molar-refractivity contribution in [2.45, 2.75) is 63.0 Å². The van der Waals surface area contributed by atoms with Gasteiger partial charge in [0.1, 0.15) is 11.7 Å². The molecule has 5 fully saturated rings. The summed E-state index contributed by atoms with van der Waals surface area (Å²) in [6.45, 7) is 7.83.